The topological polar surface area (TPSA) is 29.1 Å². The van der Waals surface area contributed by atoms with Gasteiger partial charge in [-0.2, -0.15) is 0 Å². The fourth-order valence-corrected chi connectivity index (χ4v) is 1.63. The van der Waals surface area contributed by atoms with Gasteiger partial charge in [-0.3, -0.25) is 4.79 Å². The second-order valence-electron chi connectivity index (χ2n) is 4.02. The maximum absolute atomic E-state index is 11.8. The Hall–Kier alpha value is -0.580. The van der Waals surface area contributed by atoms with Crippen molar-refractivity contribution in [3.05, 3.63) is 33.4 Å². The Morgan fingerprint density at radius 1 is 1.33 bits per heavy atom. The van der Waals surface area contributed by atoms with E-state index in [1.165, 1.54) is 0 Å². The predicted molar refractivity (Wildman–Crippen MR) is 70.9 cm³/mol. The molecule has 1 atom stereocenters. The summed E-state index contributed by atoms with van der Waals surface area (Å²) in [5.74, 6) is 0.464. The molecular weight excluding hydrogens is 301 g/mol. The summed E-state index contributed by atoms with van der Waals surface area (Å²) in [5.41, 5.74) is 0.731. The standard InChI is InChI=1S/C12H16INO/c1-8(2)9(3)14-12(15)10-5-4-6-11(13)7-10/h4-9H,1-3H3,(H,14,15)/t9-/m1/s1. The molecule has 0 radical (unpaired) electrons. The van der Waals surface area contributed by atoms with Crippen LogP contribution in [0.25, 0.3) is 0 Å². The summed E-state index contributed by atoms with van der Waals surface area (Å²) in [6.07, 6.45) is 0. The van der Waals surface area contributed by atoms with Gasteiger partial charge < -0.3 is 5.32 Å². The van der Waals surface area contributed by atoms with E-state index in [1.807, 2.05) is 31.2 Å². The minimum absolute atomic E-state index is 0.00900. The smallest absolute Gasteiger partial charge is 0.251 e. The lowest BCUT2D eigenvalue weighted by Gasteiger charge is -2.17. The number of amides is 1. The lowest BCUT2D eigenvalue weighted by molar-refractivity contribution is 0.0930. The average Bonchev–Trinajstić information content (AvgIpc) is 2.17. The van der Waals surface area contributed by atoms with E-state index >= 15 is 0 Å². The number of benzene rings is 1. The van der Waals surface area contributed by atoms with Gasteiger partial charge in [0.2, 0.25) is 0 Å². The molecule has 0 aliphatic rings. The summed E-state index contributed by atoms with van der Waals surface area (Å²) >= 11 is 2.21. The molecule has 0 aliphatic carbocycles. The molecule has 1 rings (SSSR count). The van der Waals surface area contributed by atoms with E-state index in [1.54, 1.807) is 0 Å². The molecular formula is C12H16INO. The van der Waals surface area contributed by atoms with E-state index in [0.29, 0.717) is 5.92 Å². The summed E-state index contributed by atoms with van der Waals surface area (Å²) in [5, 5.41) is 2.98. The van der Waals surface area contributed by atoms with Crippen LogP contribution in [-0.4, -0.2) is 11.9 Å². The SMILES string of the molecule is CC(C)[C@@H](C)NC(=O)c1cccc(I)c1. The van der Waals surface area contributed by atoms with Gasteiger partial charge in [0.25, 0.3) is 5.91 Å². The molecule has 0 spiro atoms. The number of carbonyl (C=O) groups is 1. The van der Waals surface area contributed by atoms with Crippen molar-refractivity contribution >= 4 is 28.5 Å². The van der Waals surface area contributed by atoms with Crippen molar-refractivity contribution in [2.75, 3.05) is 0 Å². The molecule has 0 bridgehead atoms. The largest absolute Gasteiger partial charge is 0.349 e. The van der Waals surface area contributed by atoms with Crippen LogP contribution in [0.3, 0.4) is 0 Å². The van der Waals surface area contributed by atoms with Crippen LogP contribution in [0.15, 0.2) is 24.3 Å². The Morgan fingerprint density at radius 2 is 2.00 bits per heavy atom. The van der Waals surface area contributed by atoms with Crippen molar-refractivity contribution in [3.63, 3.8) is 0 Å². The second kappa shape index (κ2) is 5.49. The summed E-state index contributed by atoms with van der Waals surface area (Å²) < 4.78 is 1.08. The first kappa shape index (κ1) is 12.5. The molecule has 1 aromatic carbocycles. The van der Waals surface area contributed by atoms with Gasteiger partial charge in [-0.1, -0.05) is 19.9 Å². The maximum Gasteiger partial charge on any atom is 0.251 e. The minimum Gasteiger partial charge on any atom is -0.349 e. The highest BCUT2D eigenvalue weighted by Crippen LogP contribution is 2.08. The van der Waals surface area contributed by atoms with Gasteiger partial charge in [-0.25, -0.2) is 0 Å². The summed E-state index contributed by atoms with van der Waals surface area (Å²) in [6, 6.07) is 7.81. The van der Waals surface area contributed by atoms with E-state index in [-0.39, 0.29) is 11.9 Å². The number of rotatable bonds is 3. The first-order valence-corrected chi connectivity index (χ1v) is 6.15. The summed E-state index contributed by atoms with van der Waals surface area (Å²) in [6.45, 7) is 6.22. The zero-order valence-electron chi connectivity index (χ0n) is 9.25. The normalized spacial score (nSPS) is 12.6. The summed E-state index contributed by atoms with van der Waals surface area (Å²) in [4.78, 5) is 11.8. The molecule has 2 nitrogen and oxygen atoms in total. The molecule has 82 valence electrons. The highest BCUT2D eigenvalue weighted by Gasteiger charge is 2.12. The Balaban J connectivity index is 2.69. The molecule has 0 saturated heterocycles. The number of halogens is 1. The lowest BCUT2D eigenvalue weighted by atomic mass is 10.1. The zero-order chi connectivity index (χ0) is 11.4. The molecule has 1 amide bonds. The van der Waals surface area contributed by atoms with Crippen LogP contribution >= 0.6 is 22.6 Å². The fourth-order valence-electron chi connectivity index (χ4n) is 1.09. The molecule has 15 heavy (non-hydrogen) atoms. The fraction of sp³-hybridized carbons (Fsp3) is 0.417. The third kappa shape index (κ3) is 3.81. The van der Waals surface area contributed by atoms with Crippen molar-refractivity contribution in [1.82, 2.24) is 5.32 Å². The highest BCUT2D eigenvalue weighted by atomic mass is 127. The van der Waals surface area contributed by atoms with E-state index in [9.17, 15) is 4.79 Å². The minimum atomic E-state index is 0.00900. The zero-order valence-corrected chi connectivity index (χ0v) is 11.4. The average molecular weight is 317 g/mol. The third-order valence-corrected chi connectivity index (χ3v) is 3.12. The van der Waals surface area contributed by atoms with Gasteiger partial charge in [0, 0.05) is 15.2 Å². The molecule has 0 aliphatic heterocycles. The van der Waals surface area contributed by atoms with Gasteiger partial charge in [-0.15, -0.1) is 0 Å². The van der Waals surface area contributed by atoms with E-state index < -0.39 is 0 Å². The molecule has 0 heterocycles. The molecule has 3 heteroatoms. The Bertz CT molecular complexity index is 349. The molecule has 0 unspecified atom stereocenters. The number of carbonyl (C=O) groups excluding carboxylic acids is 1. The maximum atomic E-state index is 11.8. The van der Waals surface area contributed by atoms with Crippen LogP contribution in [0.4, 0.5) is 0 Å². The van der Waals surface area contributed by atoms with Gasteiger partial charge in [0.1, 0.15) is 0 Å². The van der Waals surface area contributed by atoms with Crippen molar-refractivity contribution in [2.24, 2.45) is 5.92 Å². The van der Waals surface area contributed by atoms with E-state index in [0.717, 1.165) is 9.13 Å². The molecule has 1 N–H and O–H groups in total. The van der Waals surface area contributed by atoms with Gasteiger partial charge in [-0.05, 0) is 53.6 Å². The van der Waals surface area contributed by atoms with Crippen LogP contribution in [0.2, 0.25) is 0 Å². The number of nitrogens with one attached hydrogen (secondary N) is 1. The van der Waals surface area contributed by atoms with Crippen molar-refractivity contribution in [2.45, 2.75) is 26.8 Å². The Morgan fingerprint density at radius 3 is 2.53 bits per heavy atom. The Kier molecular flexibility index (Phi) is 4.57. The molecule has 0 saturated carbocycles. The summed E-state index contributed by atoms with van der Waals surface area (Å²) in [7, 11) is 0. The first-order chi connectivity index (χ1) is 7.00. The lowest BCUT2D eigenvalue weighted by Crippen LogP contribution is -2.36. The molecule has 1 aromatic rings. The van der Waals surface area contributed by atoms with Crippen molar-refractivity contribution in [3.8, 4) is 0 Å². The molecule has 0 fully saturated rings. The molecule has 0 aromatic heterocycles. The van der Waals surface area contributed by atoms with Gasteiger partial charge in [0.15, 0.2) is 0 Å². The Labute approximate surface area is 105 Å². The predicted octanol–water partition coefficient (Wildman–Crippen LogP) is 3.07. The highest BCUT2D eigenvalue weighted by molar-refractivity contribution is 14.1. The monoisotopic (exact) mass is 317 g/mol. The van der Waals surface area contributed by atoms with Crippen LogP contribution in [0.1, 0.15) is 31.1 Å². The van der Waals surface area contributed by atoms with E-state index in [2.05, 4.69) is 41.8 Å². The van der Waals surface area contributed by atoms with Gasteiger partial charge >= 0.3 is 0 Å². The van der Waals surface area contributed by atoms with Crippen molar-refractivity contribution in [1.29, 1.82) is 0 Å². The van der Waals surface area contributed by atoms with Crippen molar-refractivity contribution < 1.29 is 4.79 Å². The van der Waals surface area contributed by atoms with Crippen LogP contribution < -0.4 is 5.32 Å². The number of hydrogen-bond donors (Lipinski definition) is 1. The van der Waals surface area contributed by atoms with E-state index in [4.69, 9.17) is 0 Å². The van der Waals surface area contributed by atoms with Gasteiger partial charge in [0.05, 0.1) is 0 Å². The first-order valence-electron chi connectivity index (χ1n) is 5.07. The third-order valence-electron chi connectivity index (χ3n) is 2.45. The quantitative estimate of drug-likeness (QED) is 0.853. The van der Waals surface area contributed by atoms with Crippen LogP contribution in [0.5, 0.6) is 0 Å². The second-order valence-corrected chi connectivity index (χ2v) is 5.26. The van der Waals surface area contributed by atoms with Crippen LogP contribution in [-0.2, 0) is 0 Å². The van der Waals surface area contributed by atoms with Crippen LogP contribution in [0, 0.1) is 9.49 Å². The number of hydrogen-bond acceptors (Lipinski definition) is 1.